The Labute approximate surface area is 193 Å². The molecule has 4 aromatic rings. The highest BCUT2D eigenvalue weighted by Crippen LogP contribution is 2.40. The molecule has 5 rings (SSSR count). The van der Waals surface area contributed by atoms with Crippen LogP contribution >= 0.6 is 0 Å². The summed E-state index contributed by atoms with van der Waals surface area (Å²) in [5.41, 5.74) is 4.37. The summed E-state index contributed by atoms with van der Waals surface area (Å²) in [6, 6.07) is 28.5. The quantitative estimate of drug-likeness (QED) is 0.446. The summed E-state index contributed by atoms with van der Waals surface area (Å²) in [7, 11) is 0. The van der Waals surface area contributed by atoms with E-state index in [0.29, 0.717) is 12.2 Å². The van der Waals surface area contributed by atoms with E-state index in [1.807, 2.05) is 59.2 Å². The van der Waals surface area contributed by atoms with Crippen molar-refractivity contribution in [1.82, 2.24) is 9.47 Å². The fourth-order valence-corrected chi connectivity index (χ4v) is 4.97. The van der Waals surface area contributed by atoms with Crippen molar-refractivity contribution in [3.63, 3.8) is 0 Å². The smallest absolute Gasteiger partial charge is 0.352 e. The summed E-state index contributed by atoms with van der Waals surface area (Å²) in [6.45, 7) is 4.64. The Hall–Kier alpha value is -3.41. The fourth-order valence-electron chi connectivity index (χ4n) is 4.97. The van der Waals surface area contributed by atoms with E-state index in [-0.39, 0.29) is 5.92 Å². The molecule has 1 N–H and O–H groups in total. The molecule has 1 aliphatic heterocycles. The van der Waals surface area contributed by atoms with Crippen LogP contribution in [0.2, 0.25) is 0 Å². The number of fused-ring (bicyclic) bond motifs is 1. The summed E-state index contributed by atoms with van der Waals surface area (Å²) >= 11 is 0. The molecular weight excluding hydrogens is 412 g/mol. The first-order chi connectivity index (χ1) is 16.2. The molecule has 0 bridgehead atoms. The van der Waals surface area contributed by atoms with Gasteiger partial charge in [-0.3, -0.25) is 4.90 Å². The van der Waals surface area contributed by atoms with E-state index in [4.69, 9.17) is 4.74 Å². The van der Waals surface area contributed by atoms with Crippen LogP contribution in [0.1, 0.15) is 33.1 Å². The Balaban J connectivity index is 1.69. The van der Waals surface area contributed by atoms with E-state index in [0.717, 1.165) is 60.4 Å². The maximum Gasteiger partial charge on any atom is 0.352 e. The second-order valence-corrected chi connectivity index (χ2v) is 8.44. The summed E-state index contributed by atoms with van der Waals surface area (Å²) in [5.74, 6) is -1.06. The highest BCUT2D eigenvalue weighted by atomic mass is 16.5. The molecule has 1 aliphatic rings. The molecule has 5 heteroatoms. The SMILES string of the molecule is O=C(O)c1c(C(c2ccccc2)c2ccccc2)c2ccccc2n1CCN1CCOCC1. The Morgan fingerprint density at radius 1 is 0.818 bits per heavy atom. The first-order valence-corrected chi connectivity index (χ1v) is 11.5. The molecule has 0 aliphatic carbocycles. The second-order valence-electron chi connectivity index (χ2n) is 8.44. The van der Waals surface area contributed by atoms with Gasteiger partial charge in [-0.05, 0) is 17.2 Å². The molecule has 168 valence electrons. The minimum absolute atomic E-state index is 0.173. The molecule has 2 heterocycles. The van der Waals surface area contributed by atoms with Crippen LogP contribution in [-0.4, -0.2) is 53.4 Å². The predicted molar refractivity (Wildman–Crippen MR) is 130 cm³/mol. The Morgan fingerprint density at radius 3 is 2.00 bits per heavy atom. The molecule has 3 aromatic carbocycles. The van der Waals surface area contributed by atoms with Gasteiger partial charge in [0.25, 0.3) is 0 Å². The number of ether oxygens (including phenoxy) is 1. The Morgan fingerprint density at radius 2 is 1.39 bits per heavy atom. The van der Waals surface area contributed by atoms with E-state index in [1.54, 1.807) is 0 Å². The molecule has 33 heavy (non-hydrogen) atoms. The van der Waals surface area contributed by atoms with Crippen molar-refractivity contribution >= 4 is 16.9 Å². The van der Waals surface area contributed by atoms with Gasteiger partial charge in [-0.1, -0.05) is 78.9 Å². The third-order valence-corrected chi connectivity index (χ3v) is 6.51. The van der Waals surface area contributed by atoms with Gasteiger partial charge in [0.15, 0.2) is 0 Å². The molecule has 0 unspecified atom stereocenters. The first-order valence-electron chi connectivity index (χ1n) is 11.5. The molecule has 0 radical (unpaired) electrons. The lowest BCUT2D eigenvalue weighted by atomic mass is 9.83. The number of carboxylic acids is 1. The van der Waals surface area contributed by atoms with Crippen LogP contribution in [0.3, 0.4) is 0 Å². The minimum Gasteiger partial charge on any atom is -0.477 e. The second kappa shape index (κ2) is 9.61. The van der Waals surface area contributed by atoms with Crippen molar-refractivity contribution in [2.45, 2.75) is 12.5 Å². The number of para-hydroxylation sites is 1. The number of hydrogen-bond acceptors (Lipinski definition) is 3. The maximum absolute atomic E-state index is 12.8. The van der Waals surface area contributed by atoms with Gasteiger partial charge in [0.2, 0.25) is 0 Å². The Bertz CT molecular complexity index is 1190. The van der Waals surface area contributed by atoms with Crippen LogP contribution < -0.4 is 0 Å². The zero-order valence-corrected chi connectivity index (χ0v) is 18.6. The van der Waals surface area contributed by atoms with Crippen molar-refractivity contribution in [1.29, 1.82) is 0 Å². The van der Waals surface area contributed by atoms with Crippen molar-refractivity contribution in [2.75, 3.05) is 32.8 Å². The maximum atomic E-state index is 12.8. The molecule has 0 amide bonds. The molecule has 5 nitrogen and oxygen atoms in total. The standard InChI is InChI=1S/C28H28N2O3/c31-28(32)27-26(25(21-9-3-1-4-10-21)22-11-5-2-6-12-22)23-13-7-8-14-24(23)30(27)16-15-29-17-19-33-20-18-29/h1-14,25H,15-20H2,(H,31,32). The van der Waals surface area contributed by atoms with Crippen LogP contribution in [0.15, 0.2) is 84.9 Å². The summed E-state index contributed by atoms with van der Waals surface area (Å²) in [4.78, 5) is 15.1. The number of rotatable bonds is 7. The monoisotopic (exact) mass is 440 g/mol. The predicted octanol–water partition coefficient (Wildman–Crippen LogP) is 4.85. The summed E-state index contributed by atoms with van der Waals surface area (Å²) in [6.07, 6.45) is 0. The molecule has 1 aromatic heterocycles. The molecule has 1 saturated heterocycles. The van der Waals surface area contributed by atoms with Crippen molar-refractivity contribution in [3.05, 3.63) is 107 Å². The number of hydrogen-bond donors (Lipinski definition) is 1. The number of aromatic nitrogens is 1. The number of aromatic carboxylic acids is 1. The van der Waals surface area contributed by atoms with E-state index in [9.17, 15) is 9.90 Å². The average Bonchev–Trinajstić information content (AvgIpc) is 3.19. The van der Waals surface area contributed by atoms with Gasteiger partial charge < -0.3 is 14.4 Å². The molecule has 0 atom stereocenters. The number of benzene rings is 3. The van der Waals surface area contributed by atoms with E-state index < -0.39 is 5.97 Å². The molecule has 1 fully saturated rings. The van der Waals surface area contributed by atoms with Gasteiger partial charge in [-0.15, -0.1) is 0 Å². The summed E-state index contributed by atoms with van der Waals surface area (Å²) in [5, 5.41) is 11.5. The Kier molecular flexibility index (Phi) is 6.24. The van der Waals surface area contributed by atoms with Crippen LogP contribution in [-0.2, 0) is 11.3 Å². The highest BCUT2D eigenvalue weighted by Gasteiger charge is 2.30. The van der Waals surface area contributed by atoms with E-state index in [1.165, 1.54) is 0 Å². The van der Waals surface area contributed by atoms with Crippen molar-refractivity contribution < 1.29 is 14.6 Å². The highest BCUT2D eigenvalue weighted by molar-refractivity contribution is 5.99. The minimum atomic E-state index is -0.889. The third kappa shape index (κ3) is 4.30. The fraction of sp³-hybridized carbons (Fsp3) is 0.250. The topological polar surface area (TPSA) is 54.7 Å². The third-order valence-electron chi connectivity index (χ3n) is 6.51. The van der Waals surface area contributed by atoms with Crippen molar-refractivity contribution in [3.8, 4) is 0 Å². The first kappa shape index (κ1) is 21.4. The molecule has 0 spiro atoms. The van der Waals surface area contributed by atoms with Gasteiger partial charge in [0.1, 0.15) is 5.69 Å². The van der Waals surface area contributed by atoms with E-state index in [2.05, 4.69) is 35.2 Å². The lowest BCUT2D eigenvalue weighted by Gasteiger charge is -2.27. The zero-order chi connectivity index (χ0) is 22.6. The van der Waals surface area contributed by atoms with Crippen LogP contribution in [0.5, 0.6) is 0 Å². The van der Waals surface area contributed by atoms with Gasteiger partial charge in [-0.25, -0.2) is 4.79 Å². The largest absolute Gasteiger partial charge is 0.477 e. The van der Waals surface area contributed by atoms with Crippen LogP contribution in [0.4, 0.5) is 0 Å². The van der Waals surface area contributed by atoms with Crippen LogP contribution in [0, 0.1) is 0 Å². The number of morpholine rings is 1. The lowest BCUT2D eigenvalue weighted by molar-refractivity contribution is 0.0362. The summed E-state index contributed by atoms with van der Waals surface area (Å²) < 4.78 is 7.48. The normalized spacial score (nSPS) is 14.7. The number of carboxylic acid groups (broad SMARTS) is 1. The number of carbonyl (C=O) groups is 1. The lowest BCUT2D eigenvalue weighted by Crippen LogP contribution is -2.38. The van der Waals surface area contributed by atoms with Gasteiger partial charge in [0, 0.05) is 48.6 Å². The zero-order valence-electron chi connectivity index (χ0n) is 18.6. The van der Waals surface area contributed by atoms with Gasteiger partial charge in [-0.2, -0.15) is 0 Å². The average molecular weight is 441 g/mol. The molecular formula is C28H28N2O3. The van der Waals surface area contributed by atoms with E-state index >= 15 is 0 Å². The van der Waals surface area contributed by atoms with Gasteiger partial charge in [0.05, 0.1) is 13.2 Å². The van der Waals surface area contributed by atoms with Gasteiger partial charge >= 0.3 is 5.97 Å². The number of nitrogens with zero attached hydrogens (tertiary/aromatic N) is 2. The van der Waals surface area contributed by atoms with Crippen LogP contribution in [0.25, 0.3) is 10.9 Å². The molecule has 0 saturated carbocycles. The van der Waals surface area contributed by atoms with Crippen molar-refractivity contribution in [2.24, 2.45) is 0 Å².